The normalized spacial score (nSPS) is 16.5. The lowest BCUT2D eigenvalue weighted by atomic mass is 10.2. The molecule has 0 amide bonds. The third-order valence-electron chi connectivity index (χ3n) is 5.06. The average Bonchev–Trinajstić information content (AvgIpc) is 3.23. The zero-order valence-electron chi connectivity index (χ0n) is 16.5. The second-order valence-corrected chi connectivity index (χ2v) is 10.8. The van der Waals surface area contributed by atoms with Gasteiger partial charge in [0.15, 0.2) is 0 Å². The van der Waals surface area contributed by atoms with E-state index in [0.29, 0.717) is 34.8 Å². The molecule has 2 heterocycles. The number of piperidine rings is 1. The summed E-state index contributed by atoms with van der Waals surface area (Å²) in [7, 11) is -3.52. The van der Waals surface area contributed by atoms with E-state index in [1.807, 2.05) is 31.2 Å². The largest absolute Gasteiger partial charge is 0.411 e. The molecule has 0 N–H and O–H groups in total. The van der Waals surface area contributed by atoms with Crippen molar-refractivity contribution in [3.63, 3.8) is 0 Å². The van der Waals surface area contributed by atoms with Crippen LogP contribution in [-0.2, 0) is 10.0 Å². The van der Waals surface area contributed by atoms with Crippen molar-refractivity contribution in [2.24, 2.45) is 0 Å². The van der Waals surface area contributed by atoms with Crippen LogP contribution in [0.3, 0.4) is 0 Å². The van der Waals surface area contributed by atoms with Gasteiger partial charge in [-0.05, 0) is 49.6 Å². The smallest absolute Gasteiger partial charge is 0.277 e. The Morgan fingerprint density at radius 2 is 1.83 bits per heavy atom. The molecule has 1 atom stereocenters. The molecule has 1 aromatic heterocycles. The maximum absolute atomic E-state index is 13.0. The number of nitrogens with zero attached hydrogens (tertiary/aromatic N) is 3. The van der Waals surface area contributed by atoms with E-state index in [1.165, 1.54) is 11.8 Å². The molecule has 0 aliphatic carbocycles. The van der Waals surface area contributed by atoms with Crippen LogP contribution in [0.4, 0.5) is 0 Å². The molecule has 1 unspecified atom stereocenters. The van der Waals surface area contributed by atoms with Crippen molar-refractivity contribution in [2.45, 2.75) is 41.6 Å². The van der Waals surface area contributed by atoms with Crippen LogP contribution in [0.1, 0.15) is 37.0 Å². The summed E-state index contributed by atoms with van der Waals surface area (Å²) >= 11 is 7.68. The second-order valence-electron chi connectivity index (χ2n) is 7.15. The summed E-state index contributed by atoms with van der Waals surface area (Å²) in [4.78, 5) is 0.249. The molecular formula is C21H22ClN3O3S2. The van der Waals surface area contributed by atoms with Crippen molar-refractivity contribution < 1.29 is 12.8 Å². The number of benzene rings is 2. The Bertz CT molecular complexity index is 1130. The second kappa shape index (κ2) is 9.09. The SMILES string of the molecule is CC(Sc1nnc(-c2cccc(S(=O)(=O)N3CCCCC3)c2)o1)c1ccccc1Cl. The van der Waals surface area contributed by atoms with E-state index in [9.17, 15) is 8.42 Å². The Morgan fingerprint density at radius 1 is 1.07 bits per heavy atom. The summed E-state index contributed by atoms with van der Waals surface area (Å²) in [6.07, 6.45) is 2.86. The van der Waals surface area contributed by atoms with Gasteiger partial charge >= 0.3 is 0 Å². The van der Waals surface area contributed by atoms with Crippen LogP contribution in [0.15, 0.2) is 63.1 Å². The van der Waals surface area contributed by atoms with E-state index in [2.05, 4.69) is 10.2 Å². The predicted octanol–water partition coefficient (Wildman–Crippen LogP) is 5.42. The average molecular weight is 464 g/mol. The summed E-state index contributed by atoms with van der Waals surface area (Å²) in [5.74, 6) is 0.291. The van der Waals surface area contributed by atoms with Crippen molar-refractivity contribution in [3.8, 4) is 11.5 Å². The van der Waals surface area contributed by atoms with Gasteiger partial charge in [0.25, 0.3) is 5.22 Å². The van der Waals surface area contributed by atoms with Crippen LogP contribution in [0.2, 0.25) is 5.02 Å². The monoisotopic (exact) mass is 463 g/mol. The third kappa shape index (κ3) is 4.56. The number of hydrogen-bond donors (Lipinski definition) is 0. The van der Waals surface area contributed by atoms with E-state index < -0.39 is 10.0 Å². The van der Waals surface area contributed by atoms with Crippen LogP contribution in [0.5, 0.6) is 0 Å². The first-order valence-electron chi connectivity index (χ1n) is 9.80. The predicted molar refractivity (Wildman–Crippen MR) is 118 cm³/mol. The molecule has 1 fully saturated rings. The summed E-state index contributed by atoms with van der Waals surface area (Å²) in [5, 5.41) is 9.34. The van der Waals surface area contributed by atoms with Gasteiger partial charge in [0.05, 0.1) is 4.90 Å². The van der Waals surface area contributed by atoms with Crippen LogP contribution in [0, 0.1) is 0 Å². The number of sulfonamides is 1. The third-order valence-corrected chi connectivity index (χ3v) is 8.27. The molecule has 0 saturated carbocycles. The maximum atomic E-state index is 13.0. The lowest BCUT2D eigenvalue weighted by Gasteiger charge is -2.25. The highest BCUT2D eigenvalue weighted by Crippen LogP contribution is 2.38. The Hall–Kier alpha value is -1.87. The van der Waals surface area contributed by atoms with E-state index in [4.69, 9.17) is 16.0 Å². The standard InChI is InChI=1S/C21H22ClN3O3S2/c1-15(18-10-3-4-11-19(18)22)29-21-24-23-20(28-21)16-8-7-9-17(14-16)30(26,27)25-12-5-2-6-13-25/h3-4,7-11,14-15H,2,5-6,12-13H2,1H3. The molecule has 6 nitrogen and oxygen atoms in total. The molecule has 0 spiro atoms. The fourth-order valence-electron chi connectivity index (χ4n) is 3.44. The van der Waals surface area contributed by atoms with Crippen molar-refractivity contribution in [3.05, 3.63) is 59.1 Å². The van der Waals surface area contributed by atoms with Crippen molar-refractivity contribution in [1.82, 2.24) is 14.5 Å². The number of hydrogen-bond acceptors (Lipinski definition) is 6. The lowest BCUT2D eigenvalue weighted by Crippen LogP contribution is -2.35. The molecule has 4 rings (SSSR count). The molecule has 2 aromatic carbocycles. The van der Waals surface area contributed by atoms with Gasteiger partial charge in [0, 0.05) is 28.9 Å². The van der Waals surface area contributed by atoms with Crippen molar-refractivity contribution in [1.29, 1.82) is 0 Å². The topological polar surface area (TPSA) is 76.3 Å². The van der Waals surface area contributed by atoms with E-state index in [-0.39, 0.29) is 10.1 Å². The van der Waals surface area contributed by atoms with E-state index >= 15 is 0 Å². The molecule has 1 aliphatic heterocycles. The van der Waals surface area contributed by atoms with Crippen LogP contribution >= 0.6 is 23.4 Å². The van der Waals surface area contributed by atoms with Gasteiger partial charge in [-0.25, -0.2) is 8.42 Å². The number of rotatable bonds is 6. The number of thioether (sulfide) groups is 1. The highest BCUT2D eigenvalue weighted by molar-refractivity contribution is 7.99. The summed E-state index contributed by atoms with van der Waals surface area (Å²) < 4.78 is 33.3. The highest BCUT2D eigenvalue weighted by Gasteiger charge is 2.26. The summed E-state index contributed by atoms with van der Waals surface area (Å²) in [6, 6.07) is 14.3. The minimum Gasteiger partial charge on any atom is -0.411 e. The molecule has 158 valence electrons. The van der Waals surface area contributed by atoms with Crippen LogP contribution in [-0.4, -0.2) is 36.0 Å². The Labute approximate surface area is 185 Å². The first-order chi connectivity index (χ1) is 14.4. The van der Waals surface area contributed by atoms with Gasteiger partial charge in [-0.1, -0.05) is 54.0 Å². The fraction of sp³-hybridized carbons (Fsp3) is 0.333. The van der Waals surface area contributed by atoms with Gasteiger partial charge in [-0.15, -0.1) is 10.2 Å². The molecule has 0 bridgehead atoms. The minimum atomic E-state index is -3.52. The van der Waals surface area contributed by atoms with E-state index in [1.54, 1.807) is 28.6 Å². The number of aromatic nitrogens is 2. The quantitative estimate of drug-likeness (QED) is 0.454. The van der Waals surface area contributed by atoms with Crippen molar-refractivity contribution >= 4 is 33.4 Å². The zero-order valence-corrected chi connectivity index (χ0v) is 18.9. The Kier molecular flexibility index (Phi) is 6.48. The highest BCUT2D eigenvalue weighted by atomic mass is 35.5. The first-order valence-corrected chi connectivity index (χ1v) is 12.5. The van der Waals surface area contributed by atoms with Crippen molar-refractivity contribution in [2.75, 3.05) is 13.1 Å². The van der Waals surface area contributed by atoms with Gasteiger partial charge in [-0.3, -0.25) is 0 Å². The fourth-order valence-corrected chi connectivity index (χ4v) is 6.21. The molecular weight excluding hydrogens is 442 g/mol. The Balaban J connectivity index is 1.54. The van der Waals surface area contributed by atoms with E-state index in [0.717, 1.165) is 24.8 Å². The van der Waals surface area contributed by atoms with Gasteiger partial charge < -0.3 is 4.42 Å². The number of halogens is 1. The first kappa shape index (κ1) is 21.4. The lowest BCUT2D eigenvalue weighted by molar-refractivity contribution is 0.346. The molecule has 1 saturated heterocycles. The molecule has 30 heavy (non-hydrogen) atoms. The van der Waals surface area contributed by atoms with Gasteiger partial charge in [0.2, 0.25) is 15.9 Å². The van der Waals surface area contributed by atoms with Crippen LogP contribution < -0.4 is 0 Å². The zero-order chi connectivity index (χ0) is 21.1. The maximum Gasteiger partial charge on any atom is 0.277 e. The van der Waals surface area contributed by atoms with Crippen LogP contribution in [0.25, 0.3) is 11.5 Å². The molecule has 9 heteroatoms. The summed E-state index contributed by atoms with van der Waals surface area (Å²) in [5.41, 5.74) is 1.57. The molecule has 1 aliphatic rings. The summed E-state index contributed by atoms with van der Waals surface area (Å²) in [6.45, 7) is 3.14. The van der Waals surface area contributed by atoms with Gasteiger partial charge in [-0.2, -0.15) is 4.31 Å². The molecule has 3 aromatic rings. The minimum absolute atomic E-state index is 0.0258. The van der Waals surface area contributed by atoms with Gasteiger partial charge in [0.1, 0.15) is 0 Å². The Morgan fingerprint density at radius 3 is 2.60 bits per heavy atom. The molecule has 0 radical (unpaired) electrons.